The first kappa shape index (κ1) is 30.2. The highest BCUT2D eigenvalue weighted by Crippen LogP contribution is 2.25. The van der Waals surface area contributed by atoms with Gasteiger partial charge < -0.3 is 10.2 Å². The van der Waals surface area contributed by atoms with Crippen molar-refractivity contribution in [2.24, 2.45) is 0 Å². The number of sulfonamides is 1. The lowest BCUT2D eigenvalue weighted by Crippen LogP contribution is -2.54. The van der Waals surface area contributed by atoms with Crippen molar-refractivity contribution in [3.05, 3.63) is 95.0 Å². The van der Waals surface area contributed by atoms with E-state index in [-0.39, 0.29) is 17.3 Å². The number of carbonyl (C=O) groups is 2. The van der Waals surface area contributed by atoms with Crippen molar-refractivity contribution in [1.82, 2.24) is 10.2 Å². The van der Waals surface area contributed by atoms with Gasteiger partial charge in [0.15, 0.2) is 0 Å². The molecule has 39 heavy (non-hydrogen) atoms. The van der Waals surface area contributed by atoms with Crippen LogP contribution in [0.15, 0.2) is 83.8 Å². The fourth-order valence-electron chi connectivity index (χ4n) is 4.04. The van der Waals surface area contributed by atoms with Crippen molar-refractivity contribution in [2.45, 2.75) is 64.1 Å². The summed E-state index contributed by atoms with van der Waals surface area (Å²) in [4.78, 5) is 28.5. The summed E-state index contributed by atoms with van der Waals surface area (Å²) in [6.45, 7) is 8.80. The molecule has 1 atom stereocenters. The molecule has 0 bridgehead atoms. The molecule has 3 rings (SSSR count). The number of aryl methyl sites for hydroxylation is 1. The number of anilines is 1. The summed E-state index contributed by atoms with van der Waals surface area (Å²) in [6.07, 6.45) is 0.790. The Morgan fingerprint density at radius 2 is 1.56 bits per heavy atom. The van der Waals surface area contributed by atoms with Crippen molar-refractivity contribution in [1.29, 1.82) is 0 Å². The van der Waals surface area contributed by atoms with E-state index in [0.29, 0.717) is 10.7 Å². The number of amides is 2. The fraction of sp³-hybridized carbons (Fsp3) is 0.333. The van der Waals surface area contributed by atoms with Gasteiger partial charge in [0.1, 0.15) is 12.6 Å². The summed E-state index contributed by atoms with van der Waals surface area (Å²) in [5.41, 5.74) is 1.60. The van der Waals surface area contributed by atoms with Crippen molar-refractivity contribution < 1.29 is 18.0 Å². The molecular formula is C30H36ClN3O4S. The molecule has 0 heterocycles. The Hall–Kier alpha value is -3.36. The van der Waals surface area contributed by atoms with Crippen LogP contribution < -0.4 is 9.62 Å². The number of nitrogens with zero attached hydrogens (tertiary/aromatic N) is 2. The van der Waals surface area contributed by atoms with Gasteiger partial charge >= 0.3 is 0 Å². The zero-order valence-corrected chi connectivity index (χ0v) is 24.6. The third-order valence-electron chi connectivity index (χ3n) is 6.15. The van der Waals surface area contributed by atoms with Crippen LogP contribution in [0.1, 0.15) is 45.7 Å². The molecule has 208 valence electrons. The van der Waals surface area contributed by atoms with Crippen LogP contribution in [0.3, 0.4) is 0 Å². The van der Waals surface area contributed by atoms with Gasteiger partial charge in [-0.05, 0) is 81.6 Å². The number of halogens is 1. The fourth-order valence-corrected chi connectivity index (χ4v) is 5.68. The highest BCUT2D eigenvalue weighted by Gasteiger charge is 2.33. The van der Waals surface area contributed by atoms with E-state index in [2.05, 4.69) is 5.32 Å². The summed E-state index contributed by atoms with van der Waals surface area (Å²) in [5.74, 6) is -0.867. The predicted octanol–water partition coefficient (Wildman–Crippen LogP) is 5.43. The predicted molar refractivity (Wildman–Crippen MR) is 156 cm³/mol. The Labute approximate surface area is 236 Å². The van der Waals surface area contributed by atoms with Gasteiger partial charge in [-0.3, -0.25) is 13.9 Å². The number of carbonyl (C=O) groups excluding carboxylic acids is 2. The summed E-state index contributed by atoms with van der Waals surface area (Å²) in [7, 11) is -4.09. The second kappa shape index (κ2) is 12.7. The zero-order valence-electron chi connectivity index (χ0n) is 23.0. The molecule has 1 N–H and O–H groups in total. The number of nitrogens with one attached hydrogen (secondary N) is 1. The molecule has 1 unspecified atom stereocenters. The molecule has 0 saturated carbocycles. The van der Waals surface area contributed by atoms with Crippen LogP contribution in [0, 0.1) is 0 Å². The lowest BCUT2D eigenvalue weighted by Gasteiger charge is -2.33. The summed E-state index contributed by atoms with van der Waals surface area (Å²) in [6, 6.07) is 21.2. The molecule has 7 nitrogen and oxygen atoms in total. The number of hydrogen-bond acceptors (Lipinski definition) is 4. The maximum absolute atomic E-state index is 13.9. The first-order chi connectivity index (χ1) is 18.3. The van der Waals surface area contributed by atoms with Crippen LogP contribution in [-0.2, 0) is 32.6 Å². The van der Waals surface area contributed by atoms with Crippen LogP contribution in [0.4, 0.5) is 5.69 Å². The SMILES string of the molecule is CCc1ccc(N(CC(=O)N(Cc2cccc(Cl)c2)C(C)C(=O)NC(C)(C)C)S(=O)(=O)c2ccccc2)cc1. The van der Waals surface area contributed by atoms with Gasteiger partial charge in [-0.25, -0.2) is 8.42 Å². The molecule has 2 amide bonds. The van der Waals surface area contributed by atoms with Crippen LogP contribution in [0.25, 0.3) is 0 Å². The minimum atomic E-state index is -4.09. The average molecular weight is 570 g/mol. The quantitative estimate of drug-likeness (QED) is 0.353. The molecule has 0 saturated heterocycles. The van der Waals surface area contributed by atoms with Gasteiger partial charge in [0.2, 0.25) is 11.8 Å². The van der Waals surface area contributed by atoms with E-state index in [1.54, 1.807) is 55.5 Å². The highest BCUT2D eigenvalue weighted by atomic mass is 35.5. The summed E-state index contributed by atoms with van der Waals surface area (Å²) >= 11 is 6.18. The number of benzene rings is 3. The van der Waals surface area contributed by atoms with E-state index >= 15 is 0 Å². The van der Waals surface area contributed by atoms with Crippen molar-refractivity contribution >= 4 is 39.1 Å². The van der Waals surface area contributed by atoms with Crippen LogP contribution in [0.2, 0.25) is 5.02 Å². The standard InChI is InChI=1S/C30H36ClN3O4S/c1-6-23-15-17-26(18-16-23)34(39(37,38)27-13-8-7-9-14-27)21-28(35)33(20-24-11-10-12-25(31)19-24)22(2)29(36)32-30(3,4)5/h7-19,22H,6,20-21H2,1-5H3,(H,32,36). The van der Waals surface area contributed by atoms with Gasteiger partial charge in [0.05, 0.1) is 10.6 Å². The van der Waals surface area contributed by atoms with Crippen LogP contribution >= 0.6 is 11.6 Å². The molecule has 3 aromatic rings. The van der Waals surface area contributed by atoms with E-state index in [1.165, 1.54) is 17.0 Å². The topological polar surface area (TPSA) is 86.8 Å². The maximum Gasteiger partial charge on any atom is 0.264 e. The largest absolute Gasteiger partial charge is 0.350 e. The Morgan fingerprint density at radius 3 is 2.13 bits per heavy atom. The average Bonchev–Trinajstić information content (AvgIpc) is 2.89. The normalized spacial score (nSPS) is 12.5. The van der Waals surface area contributed by atoms with Gasteiger partial charge in [0.25, 0.3) is 10.0 Å². The minimum absolute atomic E-state index is 0.0669. The van der Waals surface area contributed by atoms with Gasteiger partial charge in [-0.15, -0.1) is 0 Å². The monoisotopic (exact) mass is 569 g/mol. The van der Waals surface area contributed by atoms with E-state index in [0.717, 1.165) is 21.9 Å². The molecular weight excluding hydrogens is 534 g/mol. The Morgan fingerprint density at radius 1 is 0.923 bits per heavy atom. The van der Waals surface area contributed by atoms with Crippen molar-refractivity contribution in [3.63, 3.8) is 0 Å². The molecule has 0 radical (unpaired) electrons. The third kappa shape index (κ3) is 8.07. The Balaban J connectivity index is 2.03. The Kier molecular flexibility index (Phi) is 9.80. The lowest BCUT2D eigenvalue weighted by atomic mass is 10.1. The highest BCUT2D eigenvalue weighted by molar-refractivity contribution is 7.92. The molecule has 0 aliphatic rings. The van der Waals surface area contributed by atoms with Gasteiger partial charge in [-0.1, -0.05) is 61.0 Å². The second-order valence-corrected chi connectivity index (χ2v) is 12.7. The Bertz CT molecular complexity index is 1390. The molecule has 0 aliphatic carbocycles. The second-order valence-electron chi connectivity index (χ2n) is 10.4. The van der Waals surface area contributed by atoms with Crippen molar-refractivity contribution in [3.8, 4) is 0 Å². The summed E-state index contributed by atoms with van der Waals surface area (Å²) < 4.78 is 28.7. The molecule has 0 spiro atoms. The van der Waals surface area contributed by atoms with E-state index in [4.69, 9.17) is 11.6 Å². The third-order valence-corrected chi connectivity index (χ3v) is 8.17. The van der Waals surface area contributed by atoms with Gasteiger partial charge in [-0.2, -0.15) is 0 Å². The number of rotatable bonds is 10. The molecule has 0 aromatic heterocycles. The molecule has 3 aromatic carbocycles. The first-order valence-corrected chi connectivity index (χ1v) is 14.7. The van der Waals surface area contributed by atoms with Crippen LogP contribution in [0.5, 0.6) is 0 Å². The zero-order chi connectivity index (χ0) is 28.8. The first-order valence-electron chi connectivity index (χ1n) is 12.8. The van der Waals surface area contributed by atoms with E-state index in [9.17, 15) is 18.0 Å². The molecule has 0 aliphatic heterocycles. The molecule has 9 heteroatoms. The van der Waals surface area contributed by atoms with E-state index < -0.39 is 34.1 Å². The van der Waals surface area contributed by atoms with E-state index in [1.807, 2.05) is 45.9 Å². The van der Waals surface area contributed by atoms with Crippen LogP contribution in [-0.4, -0.2) is 43.3 Å². The lowest BCUT2D eigenvalue weighted by molar-refractivity contribution is -0.140. The minimum Gasteiger partial charge on any atom is -0.350 e. The number of hydrogen-bond donors (Lipinski definition) is 1. The summed E-state index contributed by atoms with van der Waals surface area (Å²) in [5, 5.41) is 3.41. The maximum atomic E-state index is 13.9. The molecule has 0 fully saturated rings. The smallest absolute Gasteiger partial charge is 0.264 e. The van der Waals surface area contributed by atoms with Gasteiger partial charge in [0, 0.05) is 17.1 Å². The van der Waals surface area contributed by atoms with Crippen molar-refractivity contribution in [2.75, 3.05) is 10.8 Å².